The highest BCUT2D eigenvalue weighted by molar-refractivity contribution is 6.06. The van der Waals surface area contributed by atoms with E-state index < -0.39 is 0 Å². The second kappa shape index (κ2) is 7.80. The third-order valence-electron chi connectivity index (χ3n) is 5.32. The van der Waals surface area contributed by atoms with Crippen LogP contribution in [-0.4, -0.2) is 42.0 Å². The molecule has 1 aliphatic rings. The minimum atomic E-state index is -0.324. The summed E-state index contributed by atoms with van der Waals surface area (Å²) >= 11 is 0. The average molecular weight is 374 g/mol. The predicted octanol–water partition coefficient (Wildman–Crippen LogP) is 3.73. The molecule has 0 bridgehead atoms. The van der Waals surface area contributed by atoms with E-state index in [4.69, 9.17) is 4.74 Å². The monoisotopic (exact) mass is 374 g/mol. The Morgan fingerprint density at radius 2 is 2.00 bits per heavy atom. The Labute approximate surface area is 163 Å². The molecule has 0 aliphatic carbocycles. The number of hydrogen-bond donors (Lipinski definition) is 0. The summed E-state index contributed by atoms with van der Waals surface area (Å²) in [6, 6.07) is 17.1. The van der Waals surface area contributed by atoms with Crippen molar-refractivity contribution in [2.45, 2.75) is 12.8 Å². The van der Waals surface area contributed by atoms with Gasteiger partial charge in [-0.1, -0.05) is 30.3 Å². The molecule has 0 saturated carbocycles. The van der Waals surface area contributed by atoms with Crippen molar-refractivity contribution < 1.29 is 14.3 Å². The van der Waals surface area contributed by atoms with E-state index in [1.807, 2.05) is 47.4 Å². The minimum absolute atomic E-state index is 0.0596. The van der Waals surface area contributed by atoms with Gasteiger partial charge in [-0.15, -0.1) is 0 Å². The first-order valence-corrected chi connectivity index (χ1v) is 9.46. The lowest BCUT2D eigenvalue weighted by Gasteiger charge is -2.18. The largest absolute Gasteiger partial charge is 0.465 e. The summed E-state index contributed by atoms with van der Waals surface area (Å²) in [5, 5.41) is 0.893. The maximum absolute atomic E-state index is 13.1. The maximum Gasteiger partial charge on any atom is 0.337 e. The smallest absolute Gasteiger partial charge is 0.337 e. The van der Waals surface area contributed by atoms with Crippen molar-refractivity contribution >= 4 is 22.8 Å². The van der Waals surface area contributed by atoms with Crippen molar-refractivity contribution in [1.82, 2.24) is 9.88 Å². The highest BCUT2D eigenvalue weighted by atomic mass is 16.5. The molecule has 1 fully saturated rings. The molecule has 1 aliphatic heterocycles. The number of rotatable bonds is 4. The van der Waals surface area contributed by atoms with Crippen LogP contribution < -0.4 is 0 Å². The Morgan fingerprint density at radius 1 is 1.14 bits per heavy atom. The van der Waals surface area contributed by atoms with E-state index in [1.165, 1.54) is 7.11 Å². The SMILES string of the molecule is COC(=O)c1cccc(CC2CCN(C(=O)c3ccnc4ccccc34)C2)c1. The molecule has 1 unspecified atom stereocenters. The van der Waals surface area contributed by atoms with Gasteiger partial charge in [-0.25, -0.2) is 4.79 Å². The lowest BCUT2D eigenvalue weighted by molar-refractivity contribution is 0.0600. The summed E-state index contributed by atoms with van der Waals surface area (Å²) in [6.45, 7) is 1.47. The first kappa shape index (κ1) is 18.2. The molecule has 142 valence electrons. The number of carbonyl (C=O) groups excluding carboxylic acids is 2. The third-order valence-corrected chi connectivity index (χ3v) is 5.32. The first-order valence-electron chi connectivity index (χ1n) is 9.46. The predicted molar refractivity (Wildman–Crippen MR) is 107 cm³/mol. The summed E-state index contributed by atoms with van der Waals surface area (Å²) in [6.07, 6.45) is 3.49. The lowest BCUT2D eigenvalue weighted by Crippen LogP contribution is -2.29. The number of carbonyl (C=O) groups is 2. The van der Waals surface area contributed by atoms with Crippen molar-refractivity contribution in [3.8, 4) is 0 Å². The van der Waals surface area contributed by atoms with E-state index in [0.717, 1.165) is 42.4 Å². The van der Waals surface area contributed by atoms with Crippen LogP contribution in [0.1, 0.15) is 32.7 Å². The Kier molecular flexibility index (Phi) is 5.06. The molecule has 2 aromatic carbocycles. The van der Waals surface area contributed by atoms with E-state index >= 15 is 0 Å². The number of para-hydroxylation sites is 1. The topological polar surface area (TPSA) is 59.5 Å². The van der Waals surface area contributed by atoms with Crippen molar-refractivity contribution in [1.29, 1.82) is 0 Å². The third kappa shape index (κ3) is 3.60. The average Bonchev–Trinajstić information content (AvgIpc) is 3.21. The van der Waals surface area contributed by atoms with Crippen LogP contribution in [0.25, 0.3) is 10.9 Å². The van der Waals surface area contributed by atoms with Crippen LogP contribution >= 0.6 is 0 Å². The summed E-state index contributed by atoms with van der Waals surface area (Å²) in [5.41, 5.74) is 3.20. The van der Waals surface area contributed by atoms with Gasteiger partial charge in [-0.3, -0.25) is 9.78 Å². The minimum Gasteiger partial charge on any atom is -0.465 e. The lowest BCUT2D eigenvalue weighted by atomic mass is 9.97. The van der Waals surface area contributed by atoms with Crippen LogP contribution in [0.3, 0.4) is 0 Å². The van der Waals surface area contributed by atoms with Crippen LogP contribution in [-0.2, 0) is 11.2 Å². The van der Waals surface area contributed by atoms with Gasteiger partial charge in [0.15, 0.2) is 0 Å². The van der Waals surface area contributed by atoms with Crippen molar-refractivity contribution in [3.63, 3.8) is 0 Å². The van der Waals surface area contributed by atoms with Gasteiger partial charge in [0.1, 0.15) is 0 Å². The zero-order valence-electron chi connectivity index (χ0n) is 15.8. The number of nitrogens with zero attached hydrogens (tertiary/aromatic N) is 2. The fraction of sp³-hybridized carbons (Fsp3) is 0.261. The molecule has 3 aromatic rings. The second-order valence-corrected chi connectivity index (χ2v) is 7.18. The molecular weight excluding hydrogens is 352 g/mol. The number of pyridine rings is 1. The summed E-state index contributed by atoms with van der Waals surface area (Å²) in [4.78, 5) is 31.1. The molecule has 0 radical (unpaired) electrons. The Morgan fingerprint density at radius 3 is 2.86 bits per heavy atom. The number of likely N-dealkylation sites (tertiary alicyclic amines) is 1. The number of ether oxygens (including phenoxy) is 1. The number of methoxy groups -OCH3 is 1. The summed E-state index contributed by atoms with van der Waals surface area (Å²) in [5.74, 6) is 0.115. The van der Waals surface area contributed by atoms with Gasteiger partial charge in [0.25, 0.3) is 5.91 Å². The molecular formula is C23H22N2O3. The van der Waals surface area contributed by atoms with Crippen molar-refractivity contribution in [2.75, 3.05) is 20.2 Å². The van der Waals surface area contributed by atoms with Gasteiger partial charge in [0.05, 0.1) is 23.8 Å². The molecule has 1 saturated heterocycles. The molecule has 1 aromatic heterocycles. The molecule has 28 heavy (non-hydrogen) atoms. The Bertz CT molecular complexity index is 1030. The number of benzene rings is 2. The van der Waals surface area contributed by atoms with E-state index in [1.54, 1.807) is 18.3 Å². The van der Waals surface area contributed by atoms with Gasteiger partial charge in [-0.2, -0.15) is 0 Å². The van der Waals surface area contributed by atoms with Crippen LogP contribution in [0, 0.1) is 5.92 Å². The fourth-order valence-corrected chi connectivity index (χ4v) is 3.91. The zero-order chi connectivity index (χ0) is 19.5. The number of amides is 1. The quantitative estimate of drug-likeness (QED) is 0.653. The Balaban J connectivity index is 1.47. The van der Waals surface area contributed by atoms with Gasteiger partial charge in [0.2, 0.25) is 0 Å². The number of hydrogen-bond acceptors (Lipinski definition) is 4. The second-order valence-electron chi connectivity index (χ2n) is 7.18. The Hall–Kier alpha value is -3.21. The van der Waals surface area contributed by atoms with Crippen LogP contribution in [0.15, 0.2) is 60.8 Å². The van der Waals surface area contributed by atoms with E-state index in [9.17, 15) is 9.59 Å². The van der Waals surface area contributed by atoms with Gasteiger partial charge in [0, 0.05) is 24.7 Å². The summed E-state index contributed by atoms with van der Waals surface area (Å²) < 4.78 is 4.80. The fourth-order valence-electron chi connectivity index (χ4n) is 3.91. The first-order chi connectivity index (χ1) is 13.7. The number of fused-ring (bicyclic) bond motifs is 1. The summed E-state index contributed by atoms with van der Waals surface area (Å²) in [7, 11) is 1.39. The molecule has 2 heterocycles. The molecule has 4 rings (SSSR count). The standard InChI is InChI=1S/C23H22N2O3/c1-28-23(27)18-6-4-5-16(14-18)13-17-10-12-25(15-17)22(26)20-9-11-24-21-8-3-2-7-19(20)21/h2-9,11,14,17H,10,12-13,15H2,1H3. The molecule has 1 amide bonds. The number of aromatic nitrogens is 1. The van der Waals surface area contributed by atoms with E-state index in [0.29, 0.717) is 17.0 Å². The number of esters is 1. The molecule has 5 nitrogen and oxygen atoms in total. The van der Waals surface area contributed by atoms with Crippen LogP contribution in [0.5, 0.6) is 0 Å². The van der Waals surface area contributed by atoms with E-state index in [-0.39, 0.29) is 11.9 Å². The van der Waals surface area contributed by atoms with Gasteiger partial charge in [-0.05, 0) is 48.6 Å². The van der Waals surface area contributed by atoms with Gasteiger partial charge < -0.3 is 9.64 Å². The van der Waals surface area contributed by atoms with Crippen LogP contribution in [0.2, 0.25) is 0 Å². The molecule has 5 heteroatoms. The van der Waals surface area contributed by atoms with Crippen molar-refractivity contribution in [3.05, 3.63) is 77.5 Å². The normalized spacial score (nSPS) is 16.3. The zero-order valence-corrected chi connectivity index (χ0v) is 15.8. The van der Waals surface area contributed by atoms with E-state index in [2.05, 4.69) is 4.98 Å². The molecule has 0 N–H and O–H groups in total. The molecule has 0 spiro atoms. The maximum atomic E-state index is 13.1. The molecule has 1 atom stereocenters. The van der Waals surface area contributed by atoms with Gasteiger partial charge >= 0.3 is 5.97 Å². The highest BCUT2D eigenvalue weighted by Gasteiger charge is 2.28. The van der Waals surface area contributed by atoms with Crippen LogP contribution in [0.4, 0.5) is 0 Å². The van der Waals surface area contributed by atoms with Crippen molar-refractivity contribution in [2.24, 2.45) is 5.92 Å². The highest BCUT2D eigenvalue weighted by Crippen LogP contribution is 2.25.